The fourth-order valence-corrected chi connectivity index (χ4v) is 3.66. The number of amides is 1. The van der Waals surface area contributed by atoms with Crippen LogP contribution in [0.2, 0.25) is 5.02 Å². The summed E-state index contributed by atoms with van der Waals surface area (Å²) in [7, 11) is 0. The van der Waals surface area contributed by atoms with Crippen molar-refractivity contribution in [2.75, 3.05) is 23.3 Å². The van der Waals surface area contributed by atoms with E-state index in [4.69, 9.17) is 16.1 Å². The van der Waals surface area contributed by atoms with Gasteiger partial charge >= 0.3 is 0 Å². The van der Waals surface area contributed by atoms with Gasteiger partial charge in [-0.2, -0.15) is 4.98 Å². The molecule has 2 heterocycles. The maximum absolute atomic E-state index is 12.3. The molecule has 1 aliphatic heterocycles. The molecule has 0 spiro atoms. The zero-order valence-electron chi connectivity index (χ0n) is 17.0. The Morgan fingerprint density at radius 1 is 1.13 bits per heavy atom. The molecule has 6 nitrogen and oxygen atoms in total. The summed E-state index contributed by atoms with van der Waals surface area (Å²) in [6.07, 6.45) is 3.12. The lowest BCUT2D eigenvalue weighted by atomic mass is 9.99. The summed E-state index contributed by atoms with van der Waals surface area (Å²) in [6, 6.07) is 15.3. The maximum Gasteiger partial charge on any atom is 0.227 e. The number of anilines is 2. The number of aromatic nitrogens is 2. The minimum absolute atomic E-state index is 0.0826. The van der Waals surface area contributed by atoms with Crippen molar-refractivity contribution in [3.63, 3.8) is 0 Å². The molecule has 1 aromatic heterocycles. The monoisotopic (exact) mass is 424 g/mol. The first-order chi connectivity index (χ1) is 14.6. The van der Waals surface area contributed by atoms with Crippen molar-refractivity contribution < 1.29 is 9.32 Å². The van der Waals surface area contributed by atoms with Crippen LogP contribution < -0.4 is 10.2 Å². The molecule has 0 saturated carbocycles. The molecule has 1 aliphatic rings. The minimum atomic E-state index is -0.0826. The first-order valence-electron chi connectivity index (χ1n) is 10.3. The summed E-state index contributed by atoms with van der Waals surface area (Å²) in [5.74, 6) is 1.65. The lowest BCUT2D eigenvalue weighted by Crippen LogP contribution is -2.32. The molecule has 3 aromatic rings. The van der Waals surface area contributed by atoms with Gasteiger partial charge in [0.1, 0.15) is 0 Å². The third-order valence-electron chi connectivity index (χ3n) is 5.44. The number of nitrogens with zero attached hydrogens (tertiary/aromatic N) is 3. The van der Waals surface area contributed by atoms with E-state index >= 15 is 0 Å². The number of rotatable bonds is 6. The normalized spacial score (nSPS) is 14.7. The second kappa shape index (κ2) is 9.30. The highest BCUT2D eigenvalue weighted by Crippen LogP contribution is 2.24. The summed E-state index contributed by atoms with van der Waals surface area (Å²) in [5, 5.41) is 7.55. The van der Waals surface area contributed by atoms with E-state index in [1.54, 1.807) is 12.1 Å². The molecule has 0 unspecified atom stereocenters. The summed E-state index contributed by atoms with van der Waals surface area (Å²) in [6.45, 7) is 4.49. The topological polar surface area (TPSA) is 71.3 Å². The van der Waals surface area contributed by atoms with Gasteiger partial charge in [-0.05, 0) is 67.3 Å². The lowest BCUT2D eigenvalue weighted by Gasteiger charge is -2.32. The second-order valence-corrected chi connectivity index (χ2v) is 8.22. The number of carbonyl (C=O) groups is 1. The van der Waals surface area contributed by atoms with Gasteiger partial charge in [0.05, 0.1) is 0 Å². The number of piperidine rings is 1. The lowest BCUT2D eigenvalue weighted by molar-refractivity contribution is -0.116. The van der Waals surface area contributed by atoms with Crippen molar-refractivity contribution in [3.8, 4) is 11.4 Å². The highest BCUT2D eigenvalue weighted by molar-refractivity contribution is 6.30. The van der Waals surface area contributed by atoms with E-state index in [0.717, 1.165) is 30.3 Å². The van der Waals surface area contributed by atoms with Gasteiger partial charge in [-0.15, -0.1) is 0 Å². The number of hydrogen-bond acceptors (Lipinski definition) is 5. The second-order valence-electron chi connectivity index (χ2n) is 7.78. The predicted octanol–water partition coefficient (Wildman–Crippen LogP) is 5.20. The molecule has 2 aromatic carbocycles. The Kier molecular flexibility index (Phi) is 6.33. The Hall–Kier alpha value is -2.86. The molecule has 4 rings (SSSR count). The van der Waals surface area contributed by atoms with Crippen molar-refractivity contribution in [1.29, 1.82) is 0 Å². The largest absolute Gasteiger partial charge is 0.372 e. The Labute approximate surface area is 181 Å². The minimum Gasteiger partial charge on any atom is -0.372 e. The average Bonchev–Trinajstić information content (AvgIpc) is 3.23. The molecule has 7 heteroatoms. The van der Waals surface area contributed by atoms with Crippen LogP contribution in [0.5, 0.6) is 0 Å². The van der Waals surface area contributed by atoms with Crippen LogP contribution in [0, 0.1) is 5.92 Å². The number of carbonyl (C=O) groups excluding carboxylic acids is 1. The Bertz CT molecular complexity index is 977. The van der Waals surface area contributed by atoms with Crippen LogP contribution >= 0.6 is 11.6 Å². The molecular weight excluding hydrogens is 400 g/mol. The third-order valence-corrected chi connectivity index (χ3v) is 5.69. The summed E-state index contributed by atoms with van der Waals surface area (Å²) >= 11 is 5.90. The van der Waals surface area contributed by atoms with Gasteiger partial charge in [0, 0.05) is 47.9 Å². The number of nitrogens with one attached hydrogen (secondary N) is 1. The van der Waals surface area contributed by atoms with Gasteiger partial charge in [-0.3, -0.25) is 4.79 Å². The fourth-order valence-electron chi connectivity index (χ4n) is 3.54. The van der Waals surface area contributed by atoms with E-state index in [2.05, 4.69) is 39.4 Å². The number of aryl methyl sites for hydroxylation is 1. The van der Waals surface area contributed by atoms with E-state index < -0.39 is 0 Å². The van der Waals surface area contributed by atoms with Crippen LogP contribution in [-0.4, -0.2) is 29.1 Å². The van der Waals surface area contributed by atoms with Crippen molar-refractivity contribution in [2.45, 2.75) is 32.6 Å². The van der Waals surface area contributed by atoms with Crippen molar-refractivity contribution in [1.82, 2.24) is 10.1 Å². The summed E-state index contributed by atoms with van der Waals surface area (Å²) < 4.78 is 5.26. The molecule has 156 valence electrons. The first kappa shape index (κ1) is 20.4. The van der Waals surface area contributed by atoms with Gasteiger partial charge in [-0.1, -0.05) is 23.7 Å². The van der Waals surface area contributed by atoms with Crippen molar-refractivity contribution in [3.05, 3.63) is 59.4 Å². The van der Waals surface area contributed by atoms with Gasteiger partial charge in [0.15, 0.2) is 0 Å². The Morgan fingerprint density at radius 3 is 2.53 bits per heavy atom. The van der Waals surface area contributed by atoms with Gasteiger partial charge in [0.2, 0.25) is 17.6 Å². The highest BCUT2D eigenvalue weighted by atomic mass is 35.5. The van der Waals surface area contributed by atoms with Gasteiger partial charge in [0.25, 0.3) is 0 Å². The predicted molar refractivity (Wildman–Crippen MR) is 119 cm³/mol. The van der Waals surface area contributed by atoms with Crippen LogP contribution in [0.25, 0.3) is 11.4 Å². The summed E-state index contributed by atoms with van der Waals surface area (Å²) in [5.41, 5.74) is 2.82. The highest BCUT2D eigenvalue weighted by Gasteiger charge is 2.16. The maximum atomic E-state index is 12.3. The van der Waals surface area contributed by atoms with E-state index in [1.807, 2.05) is 24.3 Å². The molecule has 1 amide bonds. The molecule has 1 N–H and O–H groups in total. The SMILES string of the molecule is CC1CCN(c2ccc(NC(=O)CCc3nc(-c4ccc(Cl)cc4)no3)cc2)CC1. The standard InChI is InChI=1S/C23H25ClN4O2/c1-16-12-14-28(15-13-16)20-8-6-19(7-9-20)25-21(29)10-11-22-26-23(27-30-22)17-2-4-18(24)5-3-17/h2-9,16H,10-15H2,1H3,(H,25,29). The van der Waals surface area contributed by atoms with Crippen LogP contribution in [0.15, 0.2) is 53.1 Å². The fraction of sp³-hybridized carbons (Fsp3) is 0.348. The van der Waals surface area contributed by atoms with Crippen LogP contribution in [-0.2, 0) is 11.2 Å². The van der Waals surface area contributed by atoms with E-state index in [-0.39, 0.29) is 12.3 Å². The van der Waals surface area contributed by atoms with Gasteiger partial charge in [-0.25, -0.2) is 0 Å². The average molecular weight is 425 g/mol. The van der Waals surface area contributed by atoms with Crippen molar-refractivity contribution in [2.24, 2.45) is 5.92 Å². The Balaban J connectivity index is 1.27. The molecule has 0 aliphatic carbocycles. The molecule has 0 radical (unpaired) electrons. The van der Waals surface area contributed by atoms with Crippen LogP contribution in [0.3, 0.4) is 0 Å². The Morgan fingerprint density at radius 2 is 1.83 bits per heavy atom. The zero-order chi connectivity index (χ0) is 20.9. The van der Waals surface area contributed by atoms with Crippen LogP contribution in [0.1, 0.15) is 32.1 Å². The molecule has 0 bridgehead atoms. The molecular formula is C23H25ClN4O2. The molecule has 30 heavy (non-hydrogen) atoms. The molecule has 1 fully saturated rings. The number of benzene rings is 2. The third kappa shape index (κ3) is 5.19. The summed E-state index contributed by atoms with van der Waals surface area (Å²) in [4.78, 5) is 19.1. The zero-order valence-corrected chi connectivity index (χ0v) is 17.7. The van der Waals surface area contributed by atoms with Gasteiger partial charge < -0.3 is 14.7 Å². The first-order valence-corrected chi connectivity index (χ1v) is 10.7. The van der Waals surface area contributed by atoms with E-state index in [0.29, 0.717) is 23.2 Å². The number of halogens is 1. The van der Waals surface area contributed by atoms with Crippen LogP contribution in [0.4, 0.5) is 11.4 Å². The van der Waals surface area contributed by atoms with E-state index in [1.165, 1.54) is 18.5 Å². The van der Waals surface area contributed by atoms with Crippen molar-refractivity contribution >= 4 is 28.9 Å². The molecule has 1 saturated heterocycles. The number of hydrogen-bond donors (Lipinski definition) is 1. The van der Waals surface area contributed by atoms with E-state index in [9.17, 15) is 4.79 Å². The molecule has 0 atom stereocenters. The smallest absolute Gasteiger partial charge is 0.227 e. The quantitative estimate of drug-likeness (QED) is 0.589.